The predicted molar refractivity (Wildman–Crippen MR) is 70.5 cm³/mol. The first kappa shape index (κ1) is 12.4. The topological polar surface area (TPSA) is 58.4 Å². The summed E-state index contributed by atoms with van der Waals surface area (Å²) in [4.78, 5) is 18.9. The Hall–Kier alpha value is -1.62. The number of nitrogens with zero attached hydrogens (tertiary/aromatic N) is 2. The highest BCUT2D eigenvalue weighted by Gasteiger charge is 2.36. The number of oxazole rings is 1. The molecule has 1 amide bonds. The number of likely N-dealkylation sites (N-methyl/N-ethyl adjacent to an activating group) is 1. The maximum Gasteiger partial charge on any atom is 0.247 e. The molecule has 2 aliphatic rings. The van der Waals surface area contributed by atoms with Gasteiger partial charge in [0.1, 0.15) is 6.04 Å². The van der Waals surface area contributed by atoms with Crippen molar-refractivity contribution >= 4 is 5.91 Å². The van der Waals surface area contributed by atoms with Crippen molar-refractivity contribution < 1.29 is 9.21 Å². The number of rotatable bonds is 2. The van der Waals surface area contributed by atoms with Crippen LogP contribution in [0.3, 0.4) is 0 Å². The second-order valence-corrected chi connectivity index (χ2v) is 5.10. The van der Waals surface area contributed by atoms with E-state index in [-0.39, 0.29) is 5.91 Å². The smallest absolute Gasteiger partial charge is 0.247 e. The van der Waals surface area contributed by atoms with Crippen molar-refractivity contribution in [1.82, 2.24) is 15.2 Å². The van der Waals surface area contributed by atoms with E-state index in [4.69, 9.17) is 4.42 Å². The molecule has 1 aliphatic heterocycles. The summed E-state index contributed by atoms with van der Waals surface area (Å²) in [6, 6.07) is -0.0803. The minimum Gasteiger partial charge on any atom is -0.446 e. The van der Waals surface area contributed by atoms with Crippen LogP contribution in [0.5, 0.6) is 0 Å². The van der Waals surface area contributed by atoms with Crippen LogP contribution in [0.1, 0.15) is 36.8 Å². The Morgan fingerprint density at radius 3 is 3.11 bits per heavy atom. The molecule has 5 nitrogen and oxygen atoms in total. The molecule has 0 bridgehead atoms. The van der Waals surface area contributed by atoms with Crippen LogP contribution in [0.25, 0.3) is 0 Å². The molecule has 2 heterocycles. The number of hydrogen-bond acceptors (Lipinski definition) is 4. The first-order chi connectivity index (χ1) is 9.31. The van der Waals surface area contributed by atoms with Crippen LogP contribution < -0.4 is 5.32 Å². The van der Waals surface area contributed by atoms with E-state index in [1.165, 1.54) is 6.39 Å². The first-order valence-corrected chi connectivity index (χ1v) is 6.86. The summed E-state index contributed by atoms with van der Waals surface area (Å²) in [5.74, 6) is 0.791. The Morgan fingerprint density at radius 1 is 1.47 bits per heavy atom. The summed E-state index contributed by atoms with van der Waals surface area (Å²) in [6.45, 7) is 0.731. The lowest BCUT2D eigenvalue weighted by molar-refractivity contribution is -0.136. The maximum absolute atomic E-state index is 12.7. The van der Waals surface area contributed by atoms with Crippen LogP contribution >= 0.6 is 0 Å². The molecule has 0 saturated carbocycles. The van der Waals surface area contributed by atoms with Gasteiger partial charge in [-0.05, 0) is 26.3 Å². The fourth-order valence-corrected chi connectivity index (χ4v) is 2.99. The first-order valence-electron chi connectivity index (χ1n) is 6.86. The maximum atomic E-state index is 12.7. The monoisotopic (exact) mass is 261 g/mol. The summed E-state index contributed by atoms with van der Waals surface area (Å²) in [7, 11) is 1.79. The highest BCUT2D eigenvalue weighted by molar-refractivity contribution is 5.83. The molecular formula is C14H19N3O2. The number of fused-ring (bicyclic) bond motifs is 1. The van der Waals surface area contributed by atoms with Gasteiger partial charge < -0.3 is 14.6 Å². The number of allylic oxidation sites excluding steroid dienone is 1. The van der Waals surface area contributed by atoms with Crippen LogP contribution in [0.2, 0.25) is 0 Å². The molecule has 19 heavy (non-hydrogen) atoms. The van der Waals surface area contributed by atoms with Gasteiger partial charge in [-0.3, -0.25) is 4.79 Å². The van der Waals surface area contributed by atoms with E-state index in [0.717, 1.165) is 37.9 Å². The molecular weight excluding hydrogens is 242 g/mol. The van der Waals surface area contributed by atoms with Crippen LogP contribution in [-0.2, 0) is 11.2 Å². The average Bonchev–Trinajstić information content (AvgIpc) is 2.85. The van der Waals surface area contributed by atoms with Crippen LogP contribution in [0, 0.1) is 0 Å². The van der Waals surface area contributed by atoms with E-state index in [1.807, 2.05) is 4.90 Å². The summed E-state index contributed by atoms with van der Waals surface area (Å²) in [5, 5.41) is 3.06. The molecule has 0 saturated heterocycles. The third-order valence-electron chi connectivity index (χ3n) is 4.03. The molecule has 1 aliphatic carbocycles. The molecule has 0 fully saturated rings. The number of nitrogens with one attached hydrogen (secondary N) is 1. The van der Waals surface area contributed by atoms with Gasteiger partial charge in [-0.2, -0.15) is 0 Å². The fourth-order valence-electron chi connectivity index (χ4n) is 2.99. The van der Waals surface area contributed by atoms with Gasteiger partial charge >= 0.3 is 0 Å². The van der Waals surface area contributed by atoms with Gasteiger partial charge in [0.05, 0.1) is 5.69 Å². The largest absolute Gasteiger partial charge is 0.446 e. The predicted octanol–water partition coefficient (Wildman–Crippen LogP) is 1.43. The van der Waals surface area contributed by atoms with Gasteiger partial charge in [0.25, 0.3) is 0 Å². The van der Waals surface area contributed by atoms with Crippen molar-refractivity contribution in [2.24, 2.45) is 0 Å². The number of aromatic nitrogens is 1. The summed E-state index contributed by atoms with van der Waals surface area (Å²) < 4.78 is 5.41. The van der Waals surface area contributed by atoms with Crippen molar-refractivity contribution in [2.75, 3.05) is 13.6 Å². The van der Waals surface area contributed by atoms with Gasteiger partial charge in [0.15, 0.2) is 12.2 Å². The normalized spacial score (nSPS) is 27.2. The highest BCUT2D eigenvalue weighted by Crippen LogP contribution is 2.27. The minimum absolute atomic E-state index is 0.110. The van der Waals surface area contributed by atoms with Crippen molar-refractivity contribution in [3.05, 3.63) is 30.0 Å². The third-order valence-corrected chi connectivity index (χ3v) is 4.03. The van der Waals surface area contributed by atoms with Gasteiger partial charge in [-0.25, -0.2) is 4.98 Å². The van der Waals surface area contributed by atoms with E-state index >= 15 is 0 Å². The molecule has 0 spiro atoms. The molecule has 3 rings (SSSR count). The van der Waals surface area contributed by atoms with E-state index in [1.54, 1.807) is 7.05 Å². The summed E-state index contributed by atoms with van der Waals surface area (Å²) >= 11 is 0. The third kappa shape index (κ3) is 2.18. The van der Waals surface area contributed by atoms with E-state index in [0.29, 0.717) is 11.8 Å². The lowest BCUT2D eigenvalue weighted by atomic mass is 9.99. The standard InChI is InChI=1S/C14H19N3O2/c1-15-12-13-11(16-9-19-13)7-8-17(14(12)18)10-5-3-2-4-6-10/h2-3,9-10,12,15H,4-8H2,1H3. The number of carbonyl (C=O) groups excluding carboxylic acids is 1. The quantitative estimate of drug-likeness (QED) is 0.818. The van der Waals surface area contributed by atoms with E-state index in [2.05, 4.69) is 22.5 Å². The average molecular weight is 261 g/mol. The highest BCUT2D eigenvalue weighted by atomic mass is 16.3. The van der Waals surface area contributed by atoms with Crippen molar-refractivity contribution in [3.63, 3.8) is 0 Å². The Morgan fingerprint density at radius 2 is 2.37 bits per heavy atom. The van der Waals surface area contributed by atoms with Crippen LogP contribution in [-0.4, -0.2) is 35.4 Å². The molecule has 2 atom stereocenters. The molecule has 0 aromatic carbocycles. The molecule has 102 valence electrons. The second kappa shape index (κ2) is 5.17. The zero-order valence-corrected chi connectivity index (χ0v) is 11.1. The molecule has 1 aromatic heterocycles. The Balaban J connectivity index is 1.87. The van der Waals surface area contributed by atoms with Crippen LogP contribution in [0.15, 0.2) is 23.0 Å². The number of hydrogen-bond donors (Lipinski definition) is 1. The summed E-state index contributed by atoms with van der Waals surface area (Å²) in [6.07, 6.45) is 9.64. The molecule has 1 aromatic rings. The Kier molecular flexibility index (Phi) is 3.38. The lowest BCUT2D eigenvalue weighted by Crippen LogP contribution is -2.45. The van der Waals surface area contributed by atoms with Gasteiger partial charge in [0, 0.05) is 19.0 Å². The van der Waals surface area contributed by atoms with Crippen molar-refractivity contribution in [2.45, 2.75) is 37.8 Å². The number of amides is 1. The van der Waals surface area contributed by atoms with Gasteiger partial charge in [-0.1, -0.05) is 12.2 Å². The second-order valence-electron chi connectivity index (χ2n) is 5.10. The minimum atomic E-state index is -0.397. The zero-order chi connectivity index (χ0) is 13.2. The zero-order valence-electron chi connectivity index (χ0n) is 11.1. The van der Waals surface area contributed by atoms with E-state index < -0.39 is 6.04 Å². The molecule has 0 radical (unpaired) electrons. The fraction of sp³-hybridized carbons (Fsp3) is 0.571. The lowest BCUT2D eigenvalue weighted by Gasteiger charge is -2.33. The molecule has 1 N–H and O–H groups in total. The van der Waals surface area contributed by atoms with Gasteiger partial charge in [0.2, 0.25) is 5.91 Å². The Bertz CT molecular complexity index is 495. The van der Waals surface area contributed by atoms with E-state index in [9.17, 15) is 4.79 Å². The van der Waals surface area contributed by atoms with Crippen molar-refractivity contribution in [3.8, 4) is 0 Å². The SMILES string of the molecule is CNC1C(=O)N(C2CC=CCC2)CCc2ncoc21. The van der Waals surface area contributed by atoms with Crippen molar-refractivity contribution in [1.29, 1.82) is 0 Å². The summed E-state index contributed by atoms with van der Waals surface area (Å²) in [5.41, 5.74) is 0.904. The number of carbonyl (C=O) groups is 1. The molecule has 5 heteroatoms. The molecule has 2 unspecified atom stereocenters. The Labute approximate surface area is 112 Å². The van der Waals surface area contributed by atoms with Crippen LogP contribution in [0.4, 0.5) is 0 Å². The van der Waals surface area contributed by atoms with Gasteiger partial charge in [-0.15, -0.1) is 0 Å².